The summed E-state index contributed by atoms with van der Waals surface area (Å²) in [7, 11) is 3.49. The van der Waals surface area contributed by atoms with Crippen molar-refractivity contribution < 1.29 is 14.4 Å². The number of aryl methyl sites for hydroxylation is 1. The van der Waals surface area contributed by atoms with Gasteiger partial charge in [0.05, 0.1) is 6.54 Å². The van der Waals surface area contributed by atoms with Gasteiger partial charge in [-0.25, -0.2) is 0 Å². The Morgan fingerprint density at radius 3 is 2.45 bits per heavy atom. The fraction of sp³-hybridized carbons (Fsp3) is 0.375. The lowest BCUT2D eigenvalue weighted by molar-refractivity contribution is -0.128. The van der Waals surface area contributed by atoms with Gasteiger partial charge < -0.3 is 20.9 Å². The first kappa shape index (κ1) is 23.9. The predicted molar refractivity (Wildman–Crippen MR) is 124 cm³/mol. The Bertz CT molecular complexity index is 896. The Morgan fingerprint density at radius 1 is 0.968 bits per heavy atom. The predicted octanol–water partition coefficient (Wildman–Crippen LogP) is 3.29. The summed E-state index contributed by atoms with van der Waals surface area (Å²) in [5.74, 6) is -0.275. The van der Waals surface area contributed by atoms with E-state index in [9.17, 15) is 14.4 Å². The number of anilines is 2. The monoisotopic (exact) mass is 424 g/mol. The Labute approximate surface area is 184 Å². The molecule has 0 unspecified atom stereocenters. The van der Waals surface area contributed by atoms with Crippen LogP contribution < -0.4 is 16.0 Å². The van der Waals surface area contributed by atoms with Crippen molar-refractivity contribution in [3.05, 3.63) is 59.7 Å². The molecule has 0 aromatic heterocycles. The number of amides is 3. The summed E-state index contributed by atoms with van der Waals surface area (Å²) in [4.78, 5) is 37.8. The van der Waals surface area contributed by atoms with Crippen LogP contribution >= 0.6 is 0 Å². The summed E-state index contributed by atoms with van der Waals surface area (Å²) in [6, 6.07) is 14.6. The second kappa shape index (κ2) is 12.4. The minimum Gasteiger partial charge on any atom is -0.376 e. The molecule has 0 aliphatic carbocycles. The van der Waals surface area contributed by atoms with E-state index in [1.54, 1.807) is 43.3 Å². The molecule has 0 radical (unpaired) electrons. The Hall–Kier alpha value is -3.35. The van der Waals surface area contributed by atoms with Crippen molar-refractivity contribution in [1.82, 2.24) is 10.2 Å². The first-order chi connectivity index (χ1) is 14.9. The molecule has 0 fully saturated rings. The molecule has 2 rings (SSSR count). The third-order valence-corrected chi connectivity index (χ3v) is 4.73. The van der Waals surface area contributed by atoms with Crippen LogP contribution in [0.4, 0.5) is 11.4 Å². The molecule has 7 heteroatoms. The zero-order valence-corrected chi connectivity index (χ0v) is 18.5. The van der Waals surface area contributed by atoms with Crippen LogP contribution in [0, 0.1) is 0 Å². The van der Waals surface area contributed by atoms with Crippen LogP contribution in [0.25, 0.3) is 0 Å². The van der Waals surface area contributed by atoms with E-state index in [-0.39, 0.29) is 24.3 Å². The number of carbonyl (C=O) groups is 3. The van der Waals surface area contributed by atoms with Crippen LogP contribution in [0.3, 0.4) is 0 Å². The molecule has 0 saturated carbocycles. The summed E-state index contributed by atoms with van der Waals surface area (Å²) >= 11 is 0. The largest absolute Gasteiger partial charge is 0.376 e. The second-order valence-corrected chi connectivity index (χ2v) is 7.58. The fourth-order valence-corrected chi connectivity index (χ4v) is 2.92. The van der Waals surface area contributed by atoms with Crippen molar-refractivity contribution in [2.24, 2.45) is 0 Å². The number of nitrogens with one attached hydrogen (secondary N) is 3. The van der Waals surface area contributed by atoms with Crippen LogP contribution in [0.2, 0.25) is 0 Å². The first-order valence-corrected chi connectivity index (χ1v) is 10.6. The van der Waals surface area contributed by atoms with E-state index in [1.807, 2.05) is 24.3 Å². The summed E-state index contributed by atoms with van der Waals surface area (Å²) in [5, 5.41) is 8.78. The third kappa shape index (κ3) is 8.50. The van der Waals surface area contributed by atoms with E-state index in [4.69, 9.17) is 0 Å². The molecule has 0 bridgehead atoms. The maximum absolute atomic E-state index is 12.3. The quantitative estimate of drug-likeness (QED) is 0.483. The molecule has 31 heavy (non-hydrogen) atoms. The highest BCUT2D eigenvalue weighted by atomic mass is 16.2. The minimum absolute atomic E-state index is 0.0824. The van der Waals surface area contributed by atoms with Gasteiger partial charge in [-0.05, 0) is 48.7 Å². The van der Waals surface area contributed by atoms with Crippen molar-refractivity contribution in [3.63, 3.8) is 0 Å². The van der Waals surface area contributed by atoms with Crippen LogP contribution in [0.1, 0.15) is 42.1 Å². The Morgan fingerprint density at radius 2 is 1.71 bits per heavy atom. The molecule has 0 aliphatic heterocycles. The highest BCUT2D eigenvalue weighted by molar-refractivity contribution is 5.98. The second-order valence-electron chi connectivity index (χ2n) is 7.58. The van der Waals surface area contributed by atoms with Crippen molar-refractivity contribution >= 4 is 29.1 Å². The number of rotatable bonds is 11. The summed E-state index contributed by atoms with van der Waals surface area (Å²) in [5.41, 5.74) is 2.93. The average Bonchev–Trinajstić information content (AvgIpc) is 2.76. The first-order valence-electron chi connectivity index (χ1n) is 10.6. The molecule has 3 amide bonds. The van der Waals surface area contributed by atoms with Crippen molar-refractivity contribution in [2.45, 2.75) is 32.6 Å². The standard InChI is InChI=1S/C24H32N4O3/c1-4-5-14-25-24(31)19-9-7-11-21(16-19)27-22(29)17-26-20-10-6-8-18(15-20)12-13-23(30)28(2)3/h6-11,15-16,26H,4-5,12-14,17H2,1-3H3,(H,25,31)(H,27,29). The fourth-order valence-electron chi connectivity index (χ4n) is 2.92. The number of carbonyl (C=O) groups excluding carboxylic acids is 3. The van der Waals surface area contributed by atoms with Gasteiger partial charge in [-0.15, -0.1) is 0 Å². The third-order valence-electron chi connectivity index (χ3n) is 4.73. The molecular formula is C24H32N4O3. The van der Waals surface area contributed by atoms with Gasteiger partial charge in [-0.2, -0.15) is 0 Å². The molecule has 0 spiro atoms. The van der Waals surface area contributed by atoms with Crippen LogP contribution in [-0.4, -0.2) is 49.8 Å². The topological polar surface area (TPSA) is 90.5 Å². The number of benzene rings is 2. The Kier molecular flexibility index (Phi) is 9.55. The van der Waals surface area contributed by atoms with E-state index in [0.717, 1.165) is 24.1 Å². The molecule has 0 saturated heterocycles. The van der Waals surface area contributed by atoms with Crippen molar-refractivity contribution in [3.8, 4) is 0 Å². The van der Waals surface area contributed by atoms with Crippen molar-refractivity contribution in [2.75, 3.05) is 37.8 Å². The minimum atomic E-state index is -0.211. The Balaban J connectivity index is 1.85. The molecule has 166 valence electrons. The summed E-state index contributed by atoms with van der Waals surface area (Å²) in [6.45, 7) is 2.80. The van der Waals surface area contributed by atoms with Gasteiger partial charge in [-0.1, -0.05) is 31.5 Å². The molecule has 0 heterocycles. The average molecular weight is 425 g/mol. The smallest absolute Gasteiger partial charge is 0.251 e. The van der Waals surface area contributed by atoms with Gasteiger partial charge in [0.15, 0.2) is 0 Å². The number of nitrogens with zero attached hydrogens (tertiary/aromatic N) is 1. The van der Waals surface area contributed by atoms with E-state index in [2.05, 4.69) is 22.9 Å². The number of hydrogen-bond acceptors (Lipinski definition) is 4. The SMILES string of the molecule is CCCCNC(=O)c1cccc(NC(=O)CNc2cccc(CCC(=O)N(C)C)c2)c1. The maximum atomic E-state index is 12.3. The summed E-state index contributed by atoms with van der Waals surface area (Å²) < 4.78 is 0. The van der Waals surface area contributed by atoms with Crippen LogP contribution in [0.5, 0.6) is 0 Å². The van der Waals surface area contributed by atoms with Gasteiger partial charge in [0.2, 0.25) is 11.8 Å². The zero-order chi connectivity index (χ0) is 22.6. The molecule has 3 N–H and O–H groups in total. The van der Waals surface area contributed by atoms with Gasteiger partial charge in [0.1, 0.15) is 0 Å². The van der Waals surface area contributed by atoms with Gasteiger partial charge in [0, 0.05) is 44.0 Å². The molecule has 2 aromatic carbocycles. The van der Waals surface area contributed by atoms with E-state index in [0.29, 0.717) is 30.6 Å². The lowest BCUT2D eigenvalue weighted by Crippen LogP contribution is -2.25. The lowest BCUT2D eigenvalue weighted by Gasteiger charge is -2.12. The van der Waals surface area contributed by atoms with Gasteiger partial charge in [-0.3, -0.25) is 14.4 Å². The van der Waals surface area contributed by atoms with E-state index >= 15 is 0 Å². The van der Waals surface area contributed by atoms with Crippen molar-refractivity contribution in [1.29, 1.82) is 0 Å². The normalized spacial score (nSPS) is 10.3. The molecule has 0 atom stereocenters. The zero-order valence-electron chi connectivity index (χ0n) is 18.5. The lowest BCUT2D eigenvalue weighted by atomic mass is 10.1. The van der Waals surface area contributed by atoms with Gasteiger partial charge >= 0.3 is 0 Å². The highest BCUT2D eigenvalue weighted by Gasteiger charge is 2.08. The number of unbranched alkanes of at least 4 members (excludes halogenated alkanes) is 1. The van der Waals surface area contributed by atoms with Crippen LogP contribution in [0.15, 0.2) is 48.5 Å². The molecule has 7 nitrogen and oxygen atoms in total. The highest BCUT2D eigenvalue weighted by Crippen LogP contribution is 2.14. The molecular weight excluding hydrogens is 392 g/mol. The van der Waals surface area contributed by atoms with E-state index in [1.165, 1.54) is 0 Å². The maximum Gasteiger partial charge on any atom is 0.251 e. The van der Waals surface area contributed by atoms with Gasteiger partial charge in [0.25, 0.3) is 5.91 Å². The molecule has 0 aliphatic rings. The van der Waals surface area contributed by atoms with E-state index < -0.39 is 0 Å². The summed E-state index contributed by atoms with van der Waals surface area (Å²) in [6.07, 6.45) is 3.03. The molecule has 2 aromatic rings. The number of hydrogen-bond donors (Lipinski definition) is 3. The van der Waals surface area contributed by atoms with Crippen LogP contribution in [-0.2, 0) is 16.0 Å².